The Morgan fingerprint density at radius 2 is 0.912 bits per heavy atom. The van der Waals surface area contributed by atoms with Gasteiger partial charge in [-0.1, -0.05) is 199 Å². The van der Waals surface area contributed by atoms with Crippen LogP contribution in [0.2, 0.25) is 0 Å². The van der Waals surface area contributed by atoms with Crippen molar-refractivity contribution in [3.05, 3.63) is 12.2 Å². The van der Waals surface area contributed by atoms with E-state index in [-0.39, 0.29) is 25.8 Å². The van der Waals surface area contributed by atoms with E-state index in [9.17, 15) is 14.3 Å². The van der Waals surface area contributed by atoms with Crippen molar-refractivity contribution < 1.29 is 37.3 Å². The highest BCUT2D eigenvalue weighted by atomic mass is 31.2. The Morgan fingerprint density at radius 1 is 0.526 bits per heavy atom. The molecule has 0 amide bonds. The number of esters is 1. The second-order valence-electron chi connectivity index (χ2n) is 17.9. The van der Waals surface area contributed by atoms with E-state index in [0.717, 1.165) is 32.1 Å². The van der Waals surface area contributed by atoms with Gasteiger partial charge in [-0.3, -0.25) is 13.8 Å². The summed E-state index contributed by atoms with van der Waals surface area (Å²) in [6.07, 6.45) is 46.7. The third kappa shape index (κ3) is 46.2. The van der Waals surface area contributed by atoms with Crippen LogP contribution in [0.3, 0.4) is 0 Å². The Morgan fingerprint density at radius 3 is 1.33 bits per heavy atom. The predicted molar refractivity (Wildman–Crippen MR) is 243 cm³/mol. The summed E-state index contributed by atoms with van der Waals surface area (Å²) >= 11 is 0. The molecular weight excluding hydrogens is 734 g/mol. The zero-order valence-corrected chi connectivity index (χ0v) is 39.5. The van der Waals surface area contributed by atoms with Gasteiger partial charge in [0.15, 0.2) is 0 Å². The zero-order chi connectivity index (χ0) is 42.0. The lowest BCUT2D eigenvalue weighted by atomic mass is 10.0. The lowest BCUT2D eigenvalue weighted by Crippen LogP contribution is -2.37. The number of likely N-dealkylation sites (N-methyl/N-ethyl adjacent to an activating group) is 1. The van der Waals surface area contributed by atoms with Crippen LogP contribution in [-0.4, -0.2) is 75.6 Å². The number of carbonyl (C=O) groups is 1. The summed E-state index contributed by atoms with van der Waals surface area (Å²) in [6, 6.07) is 0. The summed E-state index contributed by atoms with van der Waals surface area (Å²) in [5.74, 6) is -0.309. The van der Waals surface area contributed by atoms with Gasteiger partial charge in [-0.15, -0.1) is 0 Å². The van der Waals surface area contributed by atoms with Crippen LogP contribution < -0.4 is 0 Å². The molecule has 2 unspecified atom stereocenters. The zero-order valence-electron chi connectivity index (χ0n) is 38.6. The highest BCUT2D eigenvalue weighted by Gasteiger charge is 2.26. The van der Waals surface area contributed by atoms with E-state index in [4.69, 9.17) is 18.5 Å². The van der Waals surface area contributed by atoms with Crippen molar-refractivity contribution in [2.45, 2.75) is 238 Å². The highest BCUT2D eigenvalue weighted by Crippen LogP contribution is 2.43. The first-order valence-corrected chi connectivity index (χ1v) is 25.9. The van der Waals surface area contributed by atoms with Crippen molar-refractivity contribution in [3.63, 3.8) is 0 Å². The van der Waals surface area contributed by atoms with Gasteiger partial charge in [0.05, 0.1) is 34.4 Å². The largest absolute Gasteiger partial charge is 0.472 e. The topological polar surface area (TPSA) is 91.3 Å². The average molecular weight is 831 g/mol. The smallest absolute Gasteiger partial charge is 0.457 e. The molecule has 0 saturated heterocycles. The van der Waals surface area contributed by atoms with Crippen LogP contribution in [0.25, 0.3) is 0 Å². The van der Waals surface area contributed by atoms with Crippen LogP contribution in [0.15, 0.2) is 12.2 Å². The molecular formula is C48H97NO7P+. The van der Waals surface area contributed by atoms with Crippen molar-refractivity contribution in [1.82, 2.24) is 0 Å². The summed E-state index contributed by atoms with van der Waals surface area (Å²) < 4.78 is 35.1. The molecule has 0 aromatic carbocycles. The molecule has 0 aliphatic carbocycles. The number of phosphoric acid groups is 1. The number of ether oxygens (including phenoxy) is 2. The minimum atomic E-state index is -4.27. The first kappa shape index (κ1) is 56.2. The highest BCUT2D eigenvalue weighted by molar-refractivity contribution is 7.47. The van der Waals surface area contributed by atoms with Gasteiger partial charge in [0.1, 0.15) is 19.3 Å². The van der Waals surface area contributed by atoms with Gasteiger partial charge < -0.3 is 18.9 Å². The summed E-state index contributed by atoms with van der Waals surface area (Å²) in [6.45, 7) is 5.66. The number of rotatable bonds is 46. The summed E-state index contributed by atoms with van der Waals surface area (Å²) in [5.41, 5.74) is 0. The van der Waals surface area contributed by atoms with Gasteiger partial charge in [0.25, 0.3) is 0 Å². The van der Waals surface area contributed by atoms with Crippen molar-refractivity contribution in [2.24, 2.45) is 0 Å². The molecule has 340 valence electrons. The Balaban J connectivity index is 4.14. The summed E-state index contributed by atoms with van der Waals surface area (Å²) in [7, 11) is 1.68. The van der Waals surface area contributed by atoms with Gasteiger partial charge in [0.2, 0.25) is 0 Å². The fourth-order valence-corrected chi connectivity index (χ4v) is 7.76. The standard InChI is InChI=1S/C48H96NO7P/c1-6-8-10-12-14-16-18-20-22-24-26-28-30-32-34-36-38-40-43-53-45-47(46-55-57(51,52)54-44-42-49(3,4)5)56-48(50)41-39-37-35-33-31-29-27-25-23-21-19-17-15-13-11-9-7-2/h20,22,47H,6-19,21,23-46H2,1-5H3/p+1/b22-20-. The molecule has 0 aromatic rings. The van der Waals surface area contributed by atoms with Crippen molar-refractivity contribution in [2.75, 3.05) is 54.1 Å². The molecule has 9 heteroatoms. The Hall–Kier alpha value is -0.760. The van der Waals surface area contributed by atoms with Crippen LogP contribution in [0.1, 0.15) is 232 Å². The predicted octanol–water partition coefficient (Wildman–Crippen LogP) is 14.6. The molecule has 1 N–H and O–H groups in total. The number of hydrogen-bond acceptors (Lipinski definition) is 6. The maximum Gasteiger partial charge on any atom is 0.472 e. The molecule has 0 aliphatic heterocycles. The number of nitrogens with zero attached hydrogens (tertiary/aromatic N) is 1. The van der Waals surface area contributed by atoms with Crippen molar-refractivity contribution in [3.8, 4) is 0 Å². The van der Waals surface area contributed by atoms with E-state index < -0.39 is 13.9 Å². The SMILES string of the molecule is CCCCCCCC/C=C\CCCCCCCCCCOCC(COP(=O)(O)OCC[N+](C)(C)C)OC(=O)CCCCCCCCCCCCCCCCCCC. The number of allylic oxidation sites excluding steroid dienone is 2. The lowest BCUT2D eigenvalue weighted by Gasteiger charge is -2.24. The number of quaternary nitrogens is 1. The number of hydrogen-bond donors (Lipinski definition) is 1. The van der Waals surface area contributed by atoms with E-state index in [1.54, 1.807) is 0 Å². The molecule has 0 aromatic heterocycles. The molecule has 0 radical (unpaired) electrons. The maximum atomic E-state index is 12.7. The molecule has 57 heavy (non-hydrogen) atoms. The maximum absolute atomic E-state index is 12.7. The van der Waals surface area contributed by atoms with Gasteiger partial charge >= 0.3 is 13.8 Å². The minimum absolute atomic E-state index is 0.0915. The number of carbonyl (C=O) groups excluding carboxylic acids is 1. The van der Waals surface area contributed by atoms with Crippen molar-refractivity contribution in [1.29, 1.82) is 0 Å². The molecule has 0 spiro atoms. The first-order valence-electron chi connectivity index (χ1n) is 24.4. The van der Waals surface area contributed by atoms with E-state index in [1.165, 1.54) is 180 Å². The van der Waals surface area contributed by atoms with Crippen LogP contribution in [0, 0.1) is 0 Å². The first-order chi connectivity index (χ1) is 27.6. The van der Waals surface area contributed by atoms with Gasteiger partial charge in [-0.05, 0) is 38.5 Å². The Labute approximate surface area is 354 Å². The average Bonchev–Trinajstić information content (AvgIpc) is 3.16. The third-order valence-electron chi connectivity index (χ3n) is 10.8. The van der Waals surface area contributed by atoms with E-state index >= 15 is 0 Å². The number of unbranched alkanes of at least 4 members (excludes halogenated alkanes) is 30. The lowest BCUT2D eigenvalue weighted by molar-refractivity contribution is -0.870. The van der Waals surface area contributed by atoms with Crippen molar-refractivity contribution >= 4 is 13.8 Å². The molecule has 0 fully saturated rings. The van der Waals surface area contributed by atoms with E-state index in [2.05, 4.69) is 26.0 Å². The third-order valence-corrected chi connectivity index (χ3v) is 11.8. The van der Waals surface area contributed by atoms with Gasteiger partial charge in [-0.25, -0.2) is 4.57 Å². The molecule has 0 saturated carbocycles. The summed E-state index contributed by atoms with van der Waals surface area (Å²) in [4.78, 5) is 22.9. The van der Waals surface area contributed by atoms with E-state index in [1.807, 2.05) is 21.1 Å². The fourth-order valence-electron chi connectivity index (χ4n) is 7.02. The van der Waals surface area contributed by atoms with Crippen LogP contribution in [-0.2, 0) is 27.9 Å². The second-order valence-corrected chi connectivity index (χ2v) is 19.3. The van der Waals surface area contributed by atoms with E-state index in [0.29, 0.717) is 24.1 Å². The quantitative estimate of drug-likeness (QED) is 0.0215. The summed E-state index contributed by atoms with van der Waals surface area (Å²) in [5, 5.41) is 0. The Kier molecular flexibility index (Phi) is 41.4. The molecule has 0 rings (SSSR count). The fraction of sp³-hybridized carbons (Fsp3) is 0.938. The monoisotopic (exact) mass is 831 g/mol. The van der Waals surface area contributed by atoms with Crippen LogP contribution in [0.4, 0.5) is 0 Å². The Bertz CT molecular complexity index is 925. The molecule has 0 heterocycles. The second kappa shape index (κ2) is 42.0. The normalized spacial score (nSPS) is 13.7. The van der Waals surface area contributed by atoms with Gasteiger partial charge in [0, 0.05) is 13.0 Å². The van der Waals surface area contributed by atoms with Crippen LogP contribution in [0.5, 0.6) is 0 Å². The molecule has 2 atom stereocenters. The van der Waals surface area contributed by atoms with Gasteiger partial charge in [-0.2, -0.15) is 0 Å². The molecule has 0 bridgehead atoms. The van der Waals surface area contributed by atoms with Crippen LogP contribution >= 0.6 is 7.82 Å². The molecule has 8 nitrogen and oxygen atoms in total. The minimum Gasteiger partial charge on any atom is -0.457 e. The molecule has 0 aliphatic rings. The number of phosphoric ester groups is 1.